The molecule has 19 heavy (non-hydrogen) atoms. The van der Waals surface area contributed by atoms with Crippen molar-refractivity contribution in [2.45, 2.75) is 11.8 Å². The normalized spacial score (nSPS) is 10.8. The summed E-state index contributed by atoms with van der Waals surface area (Å²) in [6.45, 7) is 1.74. The third-order valence-electron chi connectivity index (χ3n) is 2.60. The molecule has 0 fully saturated rings. The Morgan fingerprint density at radius 2 is 2.05 bits per heavy atom. The average Bonchev–Trinajstić information content (AvgIpc) is 2.86. The van der Waals surface area contributed by atoms with Crippen molar-refractivity contribution in [2.75, 3.05) is 6.26 Å². The minimum absolute atomic E-state index is 0.275. The molecule has 0 bridgehead atoms. The van der Waals surface area contributed by atoms with E-state index in [1.807, 2.05) is 30.5 Å². The van der Waals surface area contributed by atoms with Gasteiger partial charge in [0.05, 0.1) is 18.0 Å². The first kappa shape index (κ1) is 13.4. The lowest BCUT2D eigenvalue weighted by molar-refractivity contribution is 0.0953. The monoisotopic (exact) mass is 274 g/mol. The van der Waals surface area contributed by atoms with Crippen LogP contribution in [0.5, 0.6) is 0 Å². The average molecular weight is 274 g/mol. The Bertz CT molecular complexity index is 588. The number of amides is 1. The molecule has 5 heteroatoms. The van der Waals surface area contributed by atoms with Gasteiger partial charge in [-0.15, -0.1) is 11.8 Å². The molecule has 0 atom stereocenters. The topological polar surface area (TPSA) is 54.6 Å². The molecule has 4 nitrogen and oxygen atoms in total. The van der Waals surface area contributed by atoms with Gasteiger partial charge in [-0.1, -0.05) is 12.1 Å². The number of carbonyl (C=O) groups excluding carboxylic acids is 1. The molecule has 0 aliphatic rings. The standard InChI is InChI=1S/C14H14N2O2S/c1-10-13(7-8-18-10)14(17)16-15-9-11-3-5-12(19-2)6-4-11/h3-9H,1-2H3,(H,16,17). The molecule has 0 radical (unpaired) electrons. The molecule has 0 saturated carbocycles. The van der Waals surface area contributed by atoms with Crippen LogP contribution < -0.4 is 5.43 Å². The van der Waals surface area contributed by atoms with Crippen LogP contribution in [0.3, 0.4) is 0 Å². The number of rotatable bonds is 4. The van der Waals surface area contributed by atoms with E-state index in [1.165, 1.54) is 11.2 Å². The van der Waals surface area contributed by atoms with Crippen LogP contribution in [0.4, 0.5) is 0 Å². The second-order valence-electron chi connectivity index (χ2n) is 3.86. The van der Waals surface area contributed by atoms with E-state index in [2.05, 4.69) is 10.5 Å². The summed E-state index contributed by atoms with van der Waals surface area (Å²) in [4.78, 5) is 12.9. The Morgan fingerprint density at radius 3 is 2.63 bits per heavy atom. The molecule has 1 heterocycles. The van der Waals surface area contributed by atoms with Crippen LogP contribution in [0.2, 0.25) is 0 Å². The molecular formula is C14H14N2O2S. The van der Waals surface area contributed by atoms with Gasteiger partial charge >= 0.3 is 0 Å². The first-order valence-corrected chi connectivity index (χ1v) is 6.94. The number of furan rings is 1. The number of benzene rings is 1. The van der Waals surface area contributed by atoms with Crippen molar-refractivity contribution in [1.82, 2.24) is 5.43 Å². The fraction of sp³-hybridized carbons (Fsp3) is 0.143. The van der Waals surface area contributed by atoms with Crippen molar-refractivity contribution in [3.05, 3.63) is 53.5 Å². The zero-order valence-electron chi connectivity index (χ0n) is 10.7. The third kappa shape index (κ3) is 3.48. The van der Waals surface area contributed by atoms with E-state index in [0.29, 0.717) is 11.3 Å². The van der Waals surface area contributed by atoms with Crippen LogP contribution >= 0.6 is 11.8 Å². The van der Waals surface area contributed by atoms with Gasteiger partial charge in [-0.2, -0.15) is 5.10 Å². The maximum Gasteiger partial charge on any atom is 0.274 e. The van der Waals surface area contributed by atoms with Crippen molar-refractivity contribution in [2.24, 2.45) is 5.10 Å². The van der Waals surface area contributed by atoms with E-state index < -0.39 is 0 Å². The Morgan fingerprint density at radius 1 is 1.32 bits per heavy atom. The highest BCUT2D eigenvalue weighted by Crippen LogP contribution is 2.14. The van der Waals surface area contributed by atoms with E-state index >= 15 is 0 Å². The Labute approximate surface area is 115 Å². The molecule has 2 rings (SSSR count). The van der Waals surface area contributed by atoms with Crippen LogP contribution in [-0.4, -0.2) is 18.4 Å². The highest BCUT2D eigenvalue weighted by Gasteiger charge is 2.09. The zero-order valence-corrected chi connectivity index (χ0v) is 11.5. The van der Waals surface area contributed by atoms with E-state index in [0.717, 1.165) is 5.56 Å². The maximum atomic E-state index is 11.7. The van der Waals surface area contributed by atoms with Gasteiger partial charge in [-0.3, -0.25) is 4.79 Å². The highest BCUT2D eigenvalue weighted by molar-refractivity contribution is 7.98. The van der Waals surface area contributed by atoms with Crippen LogP contribution in [0, 0.1) is 6.92 Å². The van der Waals surface area contributed by atoms with Crippen molar-refractivity contribution in [1.29, 1.82) is 0 Å². The Kier molecular flexibility index (Phi) is 4.41. The summed E-state index contributed by atoms with van der Waals surface area (Å²) < 4.78 is 5.06. The lowest BCUT2D eigenvalue weighted by Crippen LogP contribution is -2.17. The number of hydrogen-bond acceptors (Lipinski definition) is 4. The van der Waals surface area contributed by atoms with E-state index in [-0.39, 0.29) is 5.91 Å². The second kappa shape index (κ2) is 6.24. The summed E-state index contributed by atoms with van der Waals surface area (Å²) >= 11 is 1.68. The Balaban J connectivity index is 1.96. The molecule has 1 N–H and O–H groups in total. The summed E-state index contributed by atoms with van der Waals surface area (Å²) in [5.41, 5.74) is 3.90. The van der Waals surface area contributed by atoms with Crippen LogP contribution in [-0.2, 0) is 0 Å². The quantitative estimate of drug-likeness (QED) is 0.529. The van der Waals surface area contributed by atoms with Gasteiger partial charge in [-0.05, 0) is 36.9 Å². The minimum Gasteiger partial charge on any atom is -0.469 e. The SMILES string of the molecule is CSc1ccc(C=NNC(=O)c2ccoc2C)cc1. The fourth-order valence-corrected chi connectivity index (χ4v) is 1.94. The summed E-state index contributed by atoms with van der Waals surface area (Å²) in [6.07, 6.45) is 5.11. The maximum absolute atomic E-state index is 11.7. The van der Waals surface area contributed by atoms with E-state index in [4.69, 9.17) is 4.42 Å². The van der Waals surface area contributed by atoms with Gasteiger partial charge in [0.25, 0.3) is 5.91 Å². The number of nitrogens with zero attached hydrogens (tertiary/aromatic N) is 1. The highest BCUT2D eigenvalue weighted by atomic mass is 32.2. The second-order valence-corrected chi connectivity index (χ2v) is 4.74. The van der Waals surface area contributed by atoms with Crippen molar-refractivity contribution in [3.8, 4) is 0 Å². The molecule has 0 aliphatic heterocycles. The molecule has 0 aliphatic carbocycles. The summed E-state index contributed by atoms with van der Waals surface area (Å²) in [7, 11) is 0. The van der Waals surface area contributed by atoms with Gasteiger partial charge in [0, 0.05) is 4.90 Å². The molecule has 0 saturated heterocycles. The minimum atomic E-state index is -0.275. The first-order chi connectivity index (χ1) is 9.20. The molecular weight excluding hydrogens is 260 g/mol. The summed E-state index contributed by atoms with van der Waals surface area (Å²) in [5, 5.41) is 3.92. The largest absolute Gasteiger partial charge is 0.469 e. The van der Waals surface area contributed by atoms with Gasteiger partial charge < -0.3 is 4.42 Å². The molecule has 0 unspecified atom stereocenters. The van der Waals surface area contributed by atoms with Gasteiger partial charge in [-0.25, -0.2) is 5.43 Å². The fourth-order valence-electron chi connectivity index (χ4n) is 1.54. The van der Waals surface area contributed by atoms with Crippen LogP contribution in [0.25, 0.3) is 0 Å². The van der Waals surface area contributed by atoms with Gasteiger partial charge in [0.1, 0.15) is 5.76 Å². The van der Waals surface area contributed by atoms with E-state index in [1.54, 1.807) is 31.0 Å². The molecule has 1 aromatic carbocycles. The number of hydrogen-bond donors (Lipinski definition) is 1. The van der Waals surface area contributed by atoms with Gasteiger partial charge in [0.2, 0.25) is 0 Å². The molecule has 1 amide bonds. The van der Waals surface area contributed by atoms with Crippen LogP contribution in [0.1, 0.15) is 21.7 Å². The third-order valence-corrected chi connectivity index (χ3v) is 3.34. The molecule has 98 valence electrons. The number of hydrazone groups is 1. The number of nitrogens with one attached hydrogen (secondary N) is 1. The Hall–Kier alpha value is -2.01. The van der Waals surface area contributed by atoms with E-state index in [9.17, 15) is 4.79 Å². The van der Waals surface area contributed by atoms with Crippen molar-refractivity contribution >= 4 is 23.9 Å². The first-order valence-electron chi connectivity index (χ1n) is 5.72. The molecule has 2 aromatic rings. The summed E-state index contributed by atoms with van der Waals surface area (Å²) in [5.74, 6) is 0.306. The zero-order chi connectivity index (χ0) is 13.7. The lowest BCUT2D eigenvalue weighted by atomic mass is 10.2. The number of thioether (sulfide) groups is 1. The smallest absolute Gasteiger partial charge is 0.274 e. The predicted molar refractivity (Wildman–Crippen MR) is 76.7 cm³/mol. The molecule has 0 spiro atoms. The molecule has 1 aromatic heterocycles. The number of carbonyl (C=O) groups is 1. The summed E-state index contributed by atoms with van der Waals surface area (Å²) in [6, 6.07) is 9.53. The lowest BCUT2D eigenvalue weighted by Gasteiger charge is -1.98. The van der Waals surface area contributed by atoms with Crippen molar-refractivity contribution in [3.63, 3.8) is 0 Å². The van der Waals surface area contributed by atoms with Crippen molar-refractivity contribution < 1.29 is 9.21 Å². The van der Waals surface area contributed by atoms with Gasteiger partial charge in [0.15, 0.2) is 0 Å². The van der Waals surface area contributed by atoms with Crippen LogP contribution in [0.15, 0.2) is 51.0 Å². The predicted octanol–water partition coefficient (Wildman–Crippen LogP) is 3.07. The number of aryl methyl sites for hydroxylation is 1.